The van der Waals surface area contributed by atoms with Gasteiger partial charge in [-0.15, -0.1) is 0 Å². The molecule has 2 N–H and O–H groups in total. The minimum Gasteiger partial charge on any atom is -0.481 e. The van der Waals surface area contributed by atoms with Crippen molar-refractivity contribution in [2.75, 3.05) is 6.54 Å². The lowest BCUT2D eigenvalue weighted by Crippen LogP contribution is -2.24. The van der Waals surface area contributed by atoms with Crippen LogP contribution in [0.5, 0.6) is 5.75 Å². The van der Waals surface area contributed by atoms with Crippen molar-refractivity contribution in [3.63, 3.8) is 0 Å². The monoisotopic (exact) mass is 424 g/mol. The van der Waals surface area contributed by atoms with Gasteiger partial charge in [-0.1, -0.05) is 16.8 Å². The molecule has 0 amide bonds. The van der Waals surface area contributed by atoms with Crippen LogP contribution >= 0.6 is 11.6 Å². The molecule has 0 saturated heterocycles. The van der Waals surface area contributed by atoms with Crippen LogP contribution in [0.15, 0.2) is 33.5 Å². The molecule has 0 fully saturated rings. The molecule has 3 aromatic heterocycles. The van der Waals surface area contributed by atoms with E-state index in [0.717, 1.165) is 47.7 Å². The number of aromatic nitrogens is 3. The van der Waals surface area contributed by atoms with E-state index < -0.39 is 0 Å². The number of hydrogen-bond acceptors (Lipinski definition) is 8. The number of nitrogens with zero attached hydrogens (tertiary/aromatic N) is 3. The Morgan fingerprint density at radius 1 is 1.23 bits per heavy atom. The van der Waals surface area contributed by atoms with E-state index in [2.05, 4.69) is 20.4 Å². The van der Waals surface area contributed by atoms with Gasteiger partial charge in [-0.05, 0) is 12.1 Å². The summed E-state index contributed by atoms with van der Waals surface area (Å²) in [5, 5.41) is 17.6. The molecule has 1 aromatic carbocycles. The van der Waals surface area contributed by atoms with Crippen LogP contribution < -0.4 is 10.1 Å². The van der Waals surface area contributed by atoms with E-state index in [-0.39, 0.29) is 12.7 Å². The van der Waals surface area contributed by atoms with Crippen LogP contribution in [0.3, 0.4) is 0 Å². The molecule has 0 spiro atoms. The number of hydrogen-bond donors (Lipinski definition) is 2. The Morgan fingerprint density at radius 2 is 2.17 bits per heavy atom. The molecule has 0 saturated carbocycles. The van der Waals surface area contributed by atoms with Crippen molar-refractivity contribution in [3.8, 4) is 17.0 Å². The van der Waals surface area contributed by atoms with Crippen molar-refractivity contribution in [1.82, 2.24) is 20.4 Å². The van der Waals surface area contributed by atoms with Crippen molar-refractivity contribution in [1.29, 1.82) is 0 Å². The Hall–Kier alpha value is -2.94. The van der Waals surface area contributed by atoms with Gasteiger partial charge in [0.15, 0.2) is 17.4 Å². The highest BCUT2D eigenvalue weighted by Crippen LogP contribution is 2.46. The summed E-state index contributed by atoms with van der Waals surface area (Å²) in [4.78, 5) is 8.67. The highest BCUT2D eigenvalue weighted by atomic mass is 35.5. The topological polar surface area (TPSA) is 106 Å². The maximum Gasteiger partial charge on any atom is 0.182 e. The first kappa shape index (κ1) is 17.9. The van der Waals surface area contributed by atoms with E-state index in [0.29, 0.717) is 39.7 Å². The first-order valence-electron chi connectivity index (χ1n) is 9.73. The summed E-state index contributed by atoms with van der Waals surface area (Å²) >= 11 is 6.43. The van der Waals surface area contributed by atoms with Crippen LogP contribution in [-0.4, -0.2) is 26.8 Å². The predicted octanol–water partition coefficient (Wildman–Crippen LogP) is 3.35. The average Bonchev–Trinajstić information content (AvgIpc) is 3.48. The van der Waals surface area contributed by atoms with Crippen LogP contribution in [0.4, 0.5) is 0 Å². The molecule has 9 heteroatoms. The number of aliphatic hydroxyl groups is 1. The van der Waals surface area contributed by atoms with Crippen molar-refractivity contribution in [3.05, 3.63) is 57.9 Å². The van der Waals surface area contributed by atoms with Crippen molar-refractivity contribution < 1.29 is 18.8 Å². The summed E-state index contributed by atoms with van der Waals surface area (Å²) in [5.74, 6) is 1.87. The van der Waals surface area contributed by atoms with Crippen molar-refractivity contribution in [2.24, 2.45) is 0 Å². The molecule has 30 heavy (non-hydrogen) atoms. The number of halogens is 1. The number of aliphatic hydroxyl groups excluding tert-OH is 1. The molecule has 4 aromatic rings. The van der Waals surface area contributed by atoms with Gasteiger partial charge in [0.05, 0.1) is 5.69 Å². The van der Waals surface area contributed by atoms with Gasteiger partial charge in [-0.2, -0.15) is 0 Å². The van der Waals surface area contributed by atoms with Crippen molar-refractivity contribution in [2.45, 2.75) is 32.1 Å². The molecular formula is C21H17ClN4O4. The maximum atomic E-state index is 9.43. The van der Waals surface area contributed by atoms with E-state index in [1.54, 1.807) is 6.07 Å². The van der Waals surface area contributed by atoms with Gasteiger partial charge in [-0.3, -0.25) is 0 Å². The molecule has 1 atom stereocenters. The van der Waals surface area contributed by atoms with Crippen LogP contribution in [0.2, 0.25) is 5.02 Å². The molecule has 1 unspecified atom stereocenters. The summed E-state index contributed by atoms with van der Waals surface area (Å²) in [5.41, 5.74) is 5.43. The third-order valence-corrected chi connectivity index (χ3v) is 5.82. The lowest BCUT2D eigenvalue weighted by molar-refractivity contribution is 0.189. The highest BCUT2D eigenvalue weighted by Gasteiger charge is 2.34. The molecule has 0 radical (unpaired) electrons. The molecule has 8 nitrogen and oxygen atoms in total. The van der Waals surface area contributed by atoms with Gasteiger partial charge < -0.3 is 24.1 Å². The third-order valence-electron chi connectivity index (χ3n) is 5.60. The van der Waals surface area contributed by atoms with E-state index in [4.69, 9.17) is 25.3 Å². The van der Waals surface area contributed by atoms with Gasteiger partial charge in [0.2, 0.25) is 0 Å². The standard InChI is InChI=1S/C21H17ClN4O4/c22-11-3-10-4-17(20-14-7-23-2-1-15(14)26-30-20)29-19(10)13(5-11)18-21-16(24-9-25-18)6-12(8-27)28-21/h3,5-6,9,17,23,27H,1-2,4,7-8H2. The minimum absolute atomic E-state index is 0.216. The number of fused-ring (bicyclic) bond motifs is 3. The minimum atomic E-state index is -0.282. The van der Waals surface area contributed by atoms with E-state index in [1.807, 2.05) is 12.1 Å². The maximum absolute atomic E-state index is 9.43. The molecule has 152 valence electrons. The second-order valence-corrected chi connectivity index (χ2v) is 7.89. The largest absolute Gasteiger partial charge is 0.481 e. The van der Waals surface area contributed by atoms with Crippen LogP contribution in [-0.2, 0) is 26.0 Å². The smallest absolute Gasteiger partial charge is 0.182 e. The predicted molar refractivity (Wildman–Crippen MR) is 107 cm³/mol. The fourth-order valence-electron chi connectivity index (χ4n) is 4.24. The van der Waals surface area contributed by atoms with Gasteiger partial charge in [0, 0.05) is 53.7 Å². The molecule has 5 heterocycles. The van der Waals surface area contributed by atoms with Gasteiger partial charge in [-0.25, -0.2) is 9.97 Å². The Balaban J connectivity index is 1.45. The van der Waals surface area contributed by atoms with Gasteiger partial charge in [0.1, 0.15) is 35.7 Å². The Bertz CT molecular complexity index is 1280. The van der Waals surface area contributed by atoms with Crippen molar-refractivity contribution >= 4 is 22.7 Å². The lowest BCUT2D eigenvalue weighted by Gasteiger charge is -2.14. The van der Waals surface area contributed by atoms with E-state index in [1.165, 1.54) is 6.33 Å². The Kier molecular flexibility index (Phi) is 4.05. The third kappa shape index (κ3) is 2.72. The lowest BCUT2D eigenvalue weighted by atomic mass is 10.0. The van der Waals surface area contributed by atoms with Crippen LogP contribution in [0.1, 0.15) is 34.4 Å². The van der Waals surface area contributed by atoms with Gasteiger partial charge >= 0.3 is 0 Å². The summed E-state index contributed by atoms with van der Waals surface area (Å²) in [6.07, 6.45) is 2.65. The summed E-state index contributed by atoms with van der Waals surface area (Å²) < 4.78 is 17.8. The Morgan fingerprint density at radius 3 is 3.07 bits per heavy atom. The fourth-order valence-corrected chi connectivity index (χ4v) is 4.48. The molecule has 0 aliphatic carbocycles. The van der Waals surface area contributed by atoms with Gasteiger partial charge in [0.25, 0.3) is 0 Å². The average molecular weight is 425 g/mol. The molecule has 6 rings (SSSR count). The number of ether oxygens (including phenoxy) is 1. The first-order chi connectivity index (χ1) is 14.7. The number of rotatable bonds is 3. The molecule has 2 aliphatic heterocycles. The molecule has 0 bridgehead atoms. The normalized spacial score (nSPS) is 17.7. The zero-order chi connectivity index (χ0) is 20.2. The number of nitrogens with one attached hydrogen (secondary N) is 1. The summed E-state index contributed by atoms with van der Waals surface area (Å²) in [6, 6.07) is 5.41. The number of benzene rings is 1. The van der Waals surface area contributed by atoms with E-state index in [9.17, 15) is 5.11 Å². The quantitative estimate of drug-likeness (QED) is 0.515. The van der Waals surface area contributed by atoms with Crippen LogP contribution in [0, 0.1) is 0 Å². The molecular weight excluding hydrogens is 408 g/mol. The second kappa shape index (κ2) is 6.80. The number of furan rings is 1. The zero-order valence-corrected chi connectivity index (χ0v) is 16.6. The summed E-state index contributed by atoms with van der Waals surface area (Å²) in [6.45, 7) is 1.40. The fraction of sp³-hybridized carbons (Fsp3) is 0.286. The summed E-state index contributed by atoms with van der Waals surface area (Å²) in [7, 11) is 0. The first-order valence-corrected chi connectivity index (χ1v) is 10.1. The molecule has 2 aliphatic rings. The highest BCUT2D eigenvalue weighted by molar-refractivity contribution is 6.31. The Labute approximate surface area is 175 Å². The van der Waals surface area contributed by atoms with Crippen LogP contribution in [0.25, 0.3) is 22.4 Å². The second-order valence-electron chi connectivity index (χ2n) is 7.46. The zero-order valence-electron chi connectivity index (χ0n) is 15.8. The van der Waals surface area contributed by atoms with E-state index >= 15 is 0 Å². The SMILES string of the molecule is OCc1cc2ncnc(-c3cc(Cl)cc4c3OC(c3onc5c3CNCC5)C4)c2o1.